The predicted octanol–water partition coefficient (Wildman–Crippen LogP) is 2.73. The number of nitrogens with two attached hydrogens (primary N) is 1. The molecule has 2 N–H and O–H groups in total. The van der Waals surface area contributed by atoms with Crippen LogP contribution in [0.5, 0.6) is 0 Å². The average Bonchev–Trinajstić information content (AvgIpc) is 2.19. The fourth-order valence-electron chi connectivity index (χ4n) is 0.965. The fraction of sp³-hybridized carbons (Fsp3) is 0. The van der Waals surface area contributed by atoms with Crippen LogP contribution in [0.1, 0.15) is 5.56 Å². The Hall–Kier alpha value is -1.76. The van der Waals surface area contributed by atoms with Crippen LogP contribution in [0.25, 0.3) is 5.70 Å². The highest BCUT2D eigenvalue weighted by molar-refractivity contribution is 5.63. The SMILES string of the molecule is C=C/C=C/C=C(\N)c1ccccc1. The van der Waals surface area contributed by atoms with Gasteiger partial charge in [0, 0.05) is 5.70 Å². The molecular formula is C12H13N. The Morgan fingerprint density at radius 2 is 1.85 bits per heavy atom. The Balaban J connectivity index is 2.79. The van der Waals surface area contributed by atoms with Gasteiger partial charge < -0.3 is 5.73 Å². The molecule has 1 heteroatoms. The van der Waals surface area contributed by atoms with Gasteiger partial charge in [-0.2, -0.15) is 0 Å². The minimum atomic E-state index is 0.763. The standard InChI is InChI=1S/C12H13N/c1-2-3-5-10-12(13)11-8-6-4-7-9-11/h2-10H,1,13H2/b5-3+,12-10-. The lowest BCUT2D eigenvalue weighted by Crippen LogP contribution is -1.94. The Labute approximate surface area is 78.9 Å². The topological polar surface area (TPSA) is 26.0 Å². The van der Waals surface area contributed by atoms with Crippen LogP contribution in [0, 0.1) is 0 Å². The molecular weight excluding hydrogens is 158 g/mol. The van der Waals surface area contributed by atoms with Crippen molar-refractivity contribution in [2.45, 2.75) is 0 Å². The van der Waals surface area contributed by atoms with E-state index in [1.54, 1.807) is 6.08 Å². The summed E-state index contributed by atoms with van der Waals surface area (Å²) in [5.74, 6) is 0. The summed E-state index contributed by atoms with van der Waals surface area (Å²) in [6.07, 6.45) is 7.29. The number of hydrogen-bond donors (Lipinski definition) is 1. The summed E-state index contributed by atoms with van der Waals surface area (Å²) < 4.78 is 0. The van der Waals surface area contributed by atoms with Crippen LogP contribution in [0.2, 0.25) is 0 Å². The van der Waals surface area contributed by atoms with Crippen molar-refractivity contribution in [1.82, 2.24) is 0 Å². The highest BCUT2D eigenvalue weighted by Gasteiger charge is 1.90. The third-order valence-corrected chi connectivity index (χ3v) is 1.63. The molecule has 0 aliphatic heterocycles. The molecule has 1 nitrogen and oxygen atoms in total. The smallest absolute Gasteiger partial charge is 0.0387 e. The minimum Gasteiger partial charge on any atom is -0.398 e. The lowest BCUT2D eigenvalue weighted by Gasteiger charge is -1.98. The Bertz CT molecular complexity index is 320. The molecule has 0 aliphatic carbocycles. The maximum atomic E-state index is 5.81. The summed E-state index contributed by atoms with van der Waals surface area (Å²) in [6, 6.07) is 9.86. The first-order chi connectivity index (χ1) is 6.34. The summed E-state index contributed by atoms with van der Waals surface area (Å²) in [5.41, 5.74) is 7.61. The number of benzene rings is 1. The lowest BCUT2D eigenvalue weighted by atomic mass is 10.1. The van der Waals surface area contributed by atoms with E-state index in [1.807, 2.05) is 48.6 Å². The van der Waals surface area contributed by atoms with Gasteiger partial charge in [-0.1, -0.05) is 55.1 Å². The average molecular weight is 171 g/mol. The predicted molar refractivity (Wildman–Crippen MR) is 57.9 cm³/mol. The second-order valence-electron chi connectivity index (χ2n) is 2.61. The molecule has 0 aliphatic rings. The van der Waals surface area contributed by atoms with E-state index >= 15 is 0 Å². The van der Waals surface area contributed by atoms with Gasteiger partial charge in [0.15, 0.2) is 0 Å². The molecule has 0 amide bonds. The first-order valence-corrected chi connectivity index (χ1v) is 4.15. The van der Waals surface area contributed by atoms with Crippen molar-refractivity contribution in [2.24, 2.45) is 5.73 Å². The highest BCUT2D eigenvalue weighted by Crippen LogP contribution is 2.07. The van der Waals surface area contributed by atoms with Crippen LogP contribution in [-0.4, -0.2) is 0 Å². The van der Waals surface area contributed by atoms with Crippen molar-refractivity contribution in [2.75, 3.05) is 0 Å². The van der Waals surface area contributed by atoms with Crippen LogP contribution in [0.3, 0.4) is 0 Å². The van der Waals surface area contributed by atoms with Gasteiger partial charge >= 0.3 is 0 Å². The van der Waals surface area contributed by atoms with Gasteiger partial charge in [-0.3, -0.25) is 0 Å². The minimum absolute atomic E-state index is 0.763. The first kappa shape index (κ1) is 9.33. The number of hydrogen-bond acceptors (Lipinski definition) is 1. The molecule has 0 atom stereocenters. The molecule has 0 saturated carbocycles. The molecule has 0 saturated heterocycles. The molecule has 0 bridgehead atoms. The molecule has 66 valence electrons. The van der Waals surface area contributed by atoms with Crippen molar-refractivity contribution in [1.29, 1.82) is 0 Å². The molecule has 1 rings (SSSR count). The lowest BCUT2D eigenvalue weighted by molar-refractivity contribution is 1.52. The van der Waals surface area contributed by atoms with Crippen LogP contribution in [-0.2, 0) is 0 Å². The van der Waals surface area contributed by atoms with E-state index in [-0.39, 0.29) is 0 Å². The maximum absolute atomic E-state index is 5.81. The molecule has 1 aromatic carbocycles. The van der Waals surface area contributed by atoms with Crippen LogP contribution < -0.4 is 5.73 Å². The zero-order chi connectivity index (χ0) is 9.52. The van der Waals surface area contributed by atoms with E-state index in [4.69, 9.17) is 5.73 Å². The van der Waals surface area contributed by atoms with Crippen molar-refractivity contribution in [3.05, 3.63) is 66.8 Å². The Morgan fingerprint density at radius 1 is 1.15 bits per heavy atom. The maximum Gasteiger partial charge on any atom is 0.0387 e. The highest BCUT2D eigenvalue weighted by atomic mass is 14.6. The molecule has 1 aromatic rings. The fourth-order valence-corrected chi connectivity index (χ4v) is 0.965. The van der Waals surface area contributed by atoms with Gasteiger partial charge in [0.25, 0.3) is 0 Å². The van der Waals surface area contributed by atoms with Gasteiger partial charge in [-0.05, 0) is 11.6 Å². The number of rotatable bonds is 3. The number of allylic oxidation sites excluding steroid dienone is 4. The normalized spacial score (nSPS) is 11.8. The van der Waals surface area contributed by atoms with Crippen LogP contribution in [0.4, 0.5) is 0 Å². The molecule has 0 spiro atoms. The van der Waals surface area contributed by atoms with Gasteiger partial charge in [-0.15, -0.1) is 0 Å². The van der Waals surface area contributed by atoms with Crippen molar-refractivity contribution < 1.29 is 0 Å². The summed E-state index contributed by atoms with van der Waals surface area (Å²) in [4.78, 5) is 0. The summed E-state index contributed by atoms with van der Waals surface area (Å²) in [6.45, 7) is 3.57. The third-order valence-electron chi connectivity index (χ3n) is 1.63. The summed E-state index contributed by atoms with van der Waals surface area (Å²) in [5, 5.41) is 0. The molecule has 0 fully saturated rings. The van der Waals surface area contributed by atoms with E-state index in [9.17, 15) is 0 Å². The van der Waals surface area contributed by atoms with Gasteiger partial charge in [0.1, 0.15) is 0 Å². The quantitative estimate of drug-likeness (QED) is 0.695. The van der Waals surface area contributed by atoms with E-state index in [2.05, 4.69) is 6.58 Å². The van der Waals surface area contributed by atoms with Crippen LogP contribution >= 0.6 is 0 Å². The van der Waals surface area contributed by atoms with Crippen molar-refractivity contribution in [3.63, 3.8) is 0 Å². The first-order valence-electron chi connectivity index (χ1n) is 4.15. The van der Waals surface area contributed by atoms with Gasteiger partial charge in [0.2, 0.25) is 0 Å². The van der Waals surface area contributed by atoms with E-state index < -0.39 is 0 Å². The monoisotopic (exact) mass is 171 g/mol. The largest absolute Gasteiger partial charge is 0.398 e. The second kappa shape index (κ2) is 4.99. The van der Waals surface area contributed by atoms with E-state index in [0.29, 0.717) is 0 Å². The van der Waals surface area contributed by atoms with Crippen molar-refractivity contribution in [3.8, 4) is 0 Å². The summed E-state index contributed by atoms with van der Waals surface area (Å²) in [7, 11) is 0. The summed E-state index contributed by atoms with van der Waals surface area (Å²) >= 11 is 0. The molecule has 0 aromatic heterocycles. The second-order valence-corrected chi connectivity index (χ2v) is 2.61. The zero-order valence-corrected chi connectivity index (χ0v) is 7.48. The van der Waals surface area contributed by atoms with E-state index in [0.717, 1.165) is 11.3 Å². The van der Waals surface area contributed by atoms with Gasteiger partial charge in [-0.25, -0.2) is 0 Å². The third kappa shape index (κ3) is 2.99. The Morgan fingerprint density at radius 3 is 2.46 bits per heavy atom. The van der Waals surface area contributed by atoms with Gasteiger partial charge in [0.05, 0.1) is 0 Å². The molecule has 0 unspecified atom stereocenters. The molecule has 0 radical (unpaired) electrons. The van der Waals surface area contributed by atoms with Crippen molar-refractivity contribution >= 4 is 5.70 Å². The molecule has 0 heterocycles. The molecule has 13 heavy (non-hydrogen) atoms. The van der Waals surface area contributed by atoms with E-state index in [1.165, 1.54) is 0 Å². The van der Waals surface area contributed by atoms with Crippen LogP contribution in [0.15, 0.2) is 61.2 Å². The Kier molecular flexibility index (Phi) is 3.58. The zero-order valence-electron chi connectivity index (χ0n) is 7.48.